The van der Waals surface area contributed by atoms with Crippen molar-refractivity contribution in [2.24, 2.45) is 0 Å². The average molecular weight is 433 g/mol. The molecule has 3 aromatic rings. The number of halogens is 1. The van der Waals surface area contributed by atoms with Crippen molar-refractivity contribution in [3.8, 4) is 0 Å². The van der Waals surface area contributed by atoms with Gasteiger partial charge in [0.1, 0.15) is 15.4 Å². The van der Waals surface area contributed by atoms with Gasteiger partial charge in [0.15, 0.2) is 17.3 Å². The molecule has 0 aromatic carbocycles. The second-order valence-corrected chi connectivity index (χ2v) is 9.49. The summed E-state index contributed by atoms with van der Waals surface area (Å²) in [6.07, 6.45) is 7.47. The standard InChI is InChI=1S/C18H20FN7O3S/c1-30(28,29)12-3-6-25(7-4-12)14-9-21-5-2-13(14)23-18(27)15-16(20)24-26-10-11(19)8-22-17(15)26/h2,5,8-10,12H,3-4,6-7H2,1H3,(H2,20,24)(H,21,23,27). The molecule has 4 rings (SSSR count). The van der Waals surface area contributed by atoms with E-state index in [1.165, 1.54) is 12.5 Å². The molecular formula is C18H20FN7O3S. The molecule has 12 heteroatoms. The minimum atomic E-state index is -3.09. The molecule has 1 amide bonds. The van der Waals surface area contributed by atoms with Crippen LogP contribution in [-0.4, -0.2) is 58.5 Å². The fraction of sp³-hybridized carbons (Fsp3) is 0.333. The molecule has 1 aliphatic rings. The number of fused-ring (bicyclic) bond motifs is 1. The van der Waals surface area contributed by atoms with Gasteiger partial charge in [0, 0.05) is 25.5 Å². The molecule has 10 nitrogen and oxygen atoms in total. The van der Waals surface area contributed by atoms with Crippen molar-refractivity contribution in [3.05, 3.63) is 42.2 Å². The molecule has 1 saturated heterocycles. The third-order valence-electron chi connectivity index (χ3n) is 5.13. The first-order valence-electron chi connectivity index (χ1n) is 9.22. The number of anilines is 3. The van der Waals surface area contributed by atoms with Gasteiger partial charge >= 0.3 is 0 Å². The number of pyridine rings is 1. The van der Waals surface area contributed by atoms with E-state index in [-0.39, 0.29) is 22.3 Å². The Morgan fingerprint density at radius 2 is 2.03 bits per heavy atom. The number of piperidine rings is 1. The summed E-state index contributed by atoms with van der Waals surface area (Å²) in [4.78, 5) is 22.9. The van der Waals surface area contributed by atoms with Crippen LogP contribution in [0.3, 0.4) is 0 Å². The van der Waals surface area contributed by atoms with Crippen molar-refractivity contribution in [2.75, 3.05) is 35.3 Å². The van der Waals surface area contributed by atoms with Gasteiger partial charge < -0.3 is 16.0 Å². The molecule has 0 atom stereocenters. The third-order valence-corrected chi connectivity index (χ3v) is 6.81. The van der Waals surface area contributed by atoms with Crippen LogP contribution in [-0.2, 0) is 9.84 Å². The second-order valence-electron chi connectivity index (χ2n) is 7.16. The summed E-state index contributed by atoms with van der Waals surface area (Å²) in [7, 11) is -3.09. The molecule has 0 aliphatic carbocycles. The van der Waals surface area contributed by atoms with Crippen LogP contribution in [0, 0.1) is 5.82 Å². The highest BCUT2D eigenvalue weighted by Crippen LogP contribution is 2.30. The molecule has 0 unspecified atom stereocenters. The summed E-state index contributed by atoms with van der Waals surface area (Å²) >= 11 is 0. The van der Waals surface area contributed by atoms with Gasteiger partial charge in [-0.1, -0.05) is 0 Å². The monoisotopic (exact) mass is 433 g/mol. The van der Waals surface area contributed by atoms with Crippen LogP contribution in [0.1, 0.15) is 23.2 Å². The van der Waals surface area contributed by atoms with Gasteiger partial charge in [-0.25, -0.2) is 22.3 Å². The van der Waals surface area contributed by atoms with Gasteiger partial charge in [-0.15, -0.1) is 5.10 Å². The zero-order chi connectivity index (χ0) is 21.5. The van der Waals surface area contributed by atoms with E-state index in [0.29, 0.717) is 37.3 Å². The Balaban J connectivity index is 1.58. The molecular weight excluding hydrogens is 413 g/mol. The molecule has 0 bridgehead atoms. The van der Waals surface area contributed by atoms with Crippen LogP contribution in [0.2, 0.25) is 0 Å². The first-order chi connectivity index (χ1) is 14.2. The summed E-state index contributed by atoms with van der Waals surface area (Å²) in [6, 6.07) is 1.64. The Hall–Kier alpha value is -3.28. The summed E-state index contributed by atoms with van der Waals surface area (Å²) < 4.78 is 38.1. The van der Waals surface area contributed by atoms with Crippen LogP contribution in [0.5, 0.6) is 0 Å². The van der Waals surface area contributed by atoms with Crippen molar-refractivity contribution in [3.63, 3.8) is 0 Å². The summed E-state index contributed by atoms with van der Waals surface area (Å²) in [5, 5.41) is 6.36. The lowest BCUT2D eigenvalue weighted by Gasteiger charge is -2.33. The lowest BCUT2D eigenvalue weighted by molar-refractivity contribution is 0.102. The highest BCUT2D eigenvalue weighted by molar-refractivity contribution is 7.91. The normalized spacial score (nSPS) is 15.5. The number of nitrogens with two attached hydrogens (primary N) is 1. The quantitative estimate of drug-likeness (QED) is 0.625. The van der Waals surface area contributed by atoms with Gasteiger partial charge in [-0.3, -0.25) is 9.78 Å². The topological polar surface area (TPSA) is 136 Å². The number of hydrogen-bond acceptors (Lipinski definition) is 8. The minimum Gasteiger partial charge on any atom is -0.381 e. The highest BCUT2D eigenvalue weighted by Gasteiger charge is 2.28. The van der Waals surface area contributed by atoms with Gasteiger partial charge in [0.25, 0.3) is 5.91 Å². The largest absolute Gasteiger partial charge is 0.381 e. The van der Waals surface area contributed by atoms with Crippen LogP contribution < -0.4 is 16.0 Å². The number of hydrogen-bond donors (Lipinski definition) is 2. The lowest BCUT2D eigenvalue weighted by atomic mass is 10.1. The summed E-state index contributed by atoms with van der Waals surface area (Å²) in [5.41, 5.74) is 7.20. The first kappa shape index (κ1) is 20.0. The predicted octanol–water partition coefficient (Wildman–Crippen LogP) is 1.11. The van der Waals surface area contributed by atoms with Gasteiger partial charge in [-0.05, 0) is 18.9 Å². The lowest BCUT2D eigenvalue weighted by Crippen LogP contribution is -2.39. The van der Waals surface area contributed by atoms with Gasteiger partial charge in [0.05, 0.1) is 35.2 Å². The van der Waals surface area contributed by atoms with Crippen molar-refractivity contribution < 1.29 is 17.6 Å². The number of nitrogens with zero attached hydrogens (tertiary/aromatic N) is 5. The number of carbonyl (C=O) groups excluding carboxylic acids is 1. The molecule has 0 saturated carbocycles. The zero-order valence-corrected chi connectivity index (χ0v) is 16.9. The smallest absolute Gasteiger partial charge is 0.263 e. The SMILES string of the molecule is CS(=O)(=O)C1CCN(c2cnccc2NC(=O)c2c(N)nn3cc(F)cnc23)CC1. The molecule has 30 heavy (non-hydrogen) atoms. The number of amides is 1. The van der Waals surface area contributed by atoms with E-state index < -0.39 is 21.6 Å². The van der Waals surface area contributed by atoms with E-state index in [4.69, 9.17) is 5.73 Å². The summed E-state index contributed by atoms with van der Waals surface area (Å²) in [5.74, 6) is -1.22. The Morgan fingerprint density at radius 3 is 2.73 bits per heavy atom. The van der Waals surface area contributed by atoms with Crippen LogP contribution >= 0.6 is 0 Å². The minimum absolute atomic E-state index is 0.0357. The van der Waals surface area contributed by atoms with Gasteiger partial charge in [-0.2, -0.15) is 0 Å². The number of nitrogens with one attached hydrogen (secondary N) is 1. The Morgan fingerprint density at radius 1 is 1.30 bits per heavy atom. The highest BCUT2D eigenvalue weighted by atomic mass is 32.2. The van der Waals surface area contributed by atoms with Crippen LogP contribution in [0.15, 0.2) is 30.9 Å². The number of aromatic nitrogens is 4. The maximum Gasteiger partial charge on any atom is 0.263 e. The molecule has 3 N–H and O–H groups in total. The molecule has 0 radical (unpaired) electrons. The van der Waals surface area contributed by atoms with E-state index in [1.54, 1.807) is 12.3 Å². The average Bonchev–Trinajstić information content (AvgIpc) is 3.02. The Kier molecular flexibility index (Phi) is 5.02. The number of carbonyl (C=O) groups is 1. The van der Waals surface area contributed by atoms with Crippen molar-refractivity contribution >= 4 is 38.6 Å². The van der Waals surface area contributed by atoms with Crippen molar-refractivity contribution in [2.45, 2.75) is 18.1 Å². The molecule has 3 aromatic heterocycles. The van der Waals surface area contributed by atoms with E-state index >= 15 is 0 Å². The predicted molar refractivity (Wildman–Crippen MR) is 110 cm³/mol. The number of sulfone groups is 1. The van der Waals surface area contributed by atoms with E-state index in [9.17, 15) is 17.6 Å². The van der Waals surface area contributed by atoms with E-state index in [2.05, 4.69) is 20.4 Å². The van der Waals surface area contributed by atoms with Crippen LogP contribution in [0.25, 0.3) is 5.65 Å². The maximum absolute atomic E-state index is 13.4. The second kappa shape index (κ2) is 7.52. The molecule has 4 heterocycles. The third kappa shape index (κ3) is 3.77. The van der Waals surface area contributed by atoms with E-state index in [1.807, 2.05) is 4.90 Å². The van der Waals surface area contributed by atoms with Crippen LogP contribution in [0.4, 0.5) is 21.6 Å². The first-order valence-corrected chi connectivity index (χ1v) is 11.2. The maximum atomic E-state index is 13.4. The van der Waals surface area contributed by atoms with Crippen molar-refractivity contribution in [1.82, 2.24) is 19.6 Å². The fourth-order valence-corrected chi connectivity index (χ4v) is 4.67. The number of rotatable bonds is 4. The molecule has 0 spiro atoms. The summed E-state index contributed by atoms with van der Waals surface area (Å²) in [6.45, 7) is 1.04. The number of nitrogen functional groups attached to an aromatic ring is 1. The zero-order valence-electron chi connectivity index (χ0n) is 16.1. The van der Waals surface area contributed by atoms with Crippen molar-refractivity contribution in [1.29, 1.82) is 0 Å². The molecule has 1 aliphatic heterocycles. The van der Waals surface area contributed by atoms with E-state index in [0.717, 1.165) is 16.9 Å². The fourth-order valence-electron chi connectivity index (χ4n) is 3.60. The molecule has 158 valence electrons. The molecule has 1 fully saturated rings. The Labute approximate surface area is 171 Å². The Bertz CT molecular complexity index is 1220. The van der Waals surface area contributed by atoms with Gasteiger partial charge in [0.2, 0.25) is 0 Å².